The first-order chi connectivity index (χ1) is 9.02. The van der Waals surface area contributed by atoms with Crippen LogP contribution in [0.15, 0.2) is 40.9 Å². The second-order valence-electron chi connectivity index (χ2n) is 3.81. The van der Waals surface area contributed by atoms with E-state index in [0.717, 1.165) is 4.47 Å². The Balaban J connectivity index is 2.69. The lowest BCUT2D eigenvalue weighted by atomic mass is 10.00. The van der Waals surface area contributed by atoms with Crippen molar-refractivity contribution in [3.8, 4) is 11.1 Å². The minimum atomic E-state index is -0.418. The highest BCUT2D eigenvalue weighted by atomic mass is 79.9. The molecule has 19 heavy (non-hydrogen) atoms. The van der Waals surface area contributed by atoms with E-state index >= 15 is 0 Å². The van der Waals surface area contributed by atoms with Gasteiger partial charge in [0, 0.05) is 20.1 Å². The van der Waals surface area contributed by atoms with E-state index < -0.39 is 5.97 Å². The van der Waals surface area contributed by atoms with Crippen LogP contribution >= 0.6 is 39.1 Å². The van der Waals surface area contributed by atoms with Crippen LogP contribution in [0.5, 0.6) is 0 Å². The number of rotatable bonds is 2. The second kappa shape index (κ2) is 5.95. The zero-order valence-corrected chi connectivity index (χ0v) is 13.0. The van der Waals surface area contributed by atoms with Crippen molar-refractivity contribution in [3.63, 3.8) is 0 Å². The van der Waals surface area contributed by atoms with Crippen LogP contribution in [0.2, 0.25) is 10.0 Å². The molecule has 0 fully saturated rings. The van der Waals surface area contributed by atoms with E-state index in [2.05, 4.69) is 15.9 Å². The number of carbonyl (C=O) groups excluding carboxylic acids is 1. The third-order valence-corrected chi connectivity index (χ3v) is 3.66. The molecule has 2 nitrogen and oxygen atoms in total. The molecule has 0 heterocycles. The Kier molecular flexibility index (Phi) is 4.50. The van der Waals surface area contributed by atoms with Crippen LogP contribution in [0.1, 0.15) is 10.4 Å². The monoisotopic (exact) mass is 358 g/mol. The van der Waals surface area contributed by atoms with Gasteiger partial charge in [-0.15, -0.1) is 0 Å². The van der Waals surface area contributed by atoms with Crippen LogP contribution in [0, 0.1) is 0 Å². The van der Waals surface area contributed by atoms with Gasteiger partial charge in [-0.2, -0.15) is 0 Å². The van der Waals surface area contributed by atoms with Gasteiger partial charge in [-0.05, 0) is 42.0 Å². The highest BCUT2D eigenvalue weighted by molar-refractivity contribution is 9.10. The zero-order valence-electron chi connectivity index (χ0n) is 9.91. The molecule has 0 N–H and O–H groups in total. The number of carbonyl (C=O) groups is 1. The molecule has 0 aliphatic heterocycles. The average molecular weight is 360 g/mol. The fraction of sp³-hybridized carbons (Fsp3) is 0.0714. The summed E-state index contributed by atoms with van der Waals surface area (Å²) in [5.41, 5.74) is 1.81. The van der Waals surface area contributed by atoms with E-state index in [4.69, 9.17) is 27.9 Å². The Bertz CT molecular complexity index is 641. The van der Waals surface area contributed by atoms with Gasteiger partial charge in [0.05, 0.1) is 12.7 Å². The van der Waals surface area contributed by atoms with E-state index in [0.29, 0.717) is 26.7 Å². The minimum Gasteiger partial charge on any atom is -0.465 e. The number of hydrogen-bond donors (Lipinski definition) is 0. The van der Waals surface area contributed by atoms with Crippen LogP contribution in [0.25, 0.3) is 11.1 Å². The average Bonchev–Trinajstić information content (AvgIpc) is 2.40. The molecule has 0 aliphatic rings. The Morgan fingerprint density at radius 1 is 1.11 bits per heavy atom. The first kappa shape index (κ1) is 14.4. The van der Waals surface area contributed by atoms with E-state index in [1.54, 1.807) is 30.3 Å². The predicted octanol–water partition coefficient (Wildman–Crippen LogP) is 5.21. The van der Waals surface area contributed by atoms with Gasteiger partial charge in [-0.1, -0.05) is 39.1 Å². The van der Waals surface area contributed by atoms with Crippen LogP contribution in [0.3, 0.4) is 0 Å². The van der Waals surface area contributed by atoms with Gasteiger partial charge in [-0.3, -0.25) is 0 Å². The third kappa shape index (κ3) is 3.11. The van der Waals surface area contributed by atoms with Crippen molar-refractivity contribution in [1.29, 1.82) is 0 Å². The summed E-state index contributed by atoms with van der Waals surface area (Å²) in [6.07, 6.45) is 0. The lowest BCUT2D eigenvalue weighted by Crippen LogP contribution is -2.03. The van der Waals surface area contributed by atoms with E-state index in [1.807, 2.05) is 6.07 Å². The SMILES string of the molecule is COC(=O)c1ccc(Br)cc1-c1cc(Cl)ccc1Cl. The van der Waals surface area contributed by atoms with Gasteiger partial charge < -0.3 is 4.74 Å². The topological polar surface area (TPSA) is 26.3 Å². The smallest absolute Gasteiger partial charge is 0.338 e. The summed E-state index contributed by atoms with van der Waals surface area (Å²) in [6, 6.07) is 10.4. The van der Waals surface area contributed by atoms with Crippen molar-refractivity contribution in [2.75, 3.05) is 7.11 Å². The summed E-state index contributed by atoms with van der Waals surface area (Å²) in [5, 5.41) is 1.07. The summed E-state index contributed by atoms with van der Waals surface area (Å²) < 4.78 is 5.62. The molecular formula is C14H9BrCl2O2. The molecule has 0 atom stereocenters. The summed E-state index contributed by atoms with van der Waals surface area (Å²) in [6.45, 7) is 0. The maximum absolute atomic E-state index is 11.8. The summed E-state index contributed by atoms with van der Waals surface area (Å²) in [7, 11) is 1.34. The molecule has 0 radical (unpaired) electrons. The van der Waals surface area contributed by atoms with Crippen LogP contribution < -0.4 is 0 Å². The highest BCUT2D eigenvalue weighted by Crippen LogP contribution is 2.34. The highest BCUT2D eigenvalue weighted by Gasteiger charge is 2.16. The van der Waals surface area contributed by atoms with Gasteiger partial charge in [0.15, 0.2) is 0 Å². The lowest BCUT2D eigenvalue weighted by molar-refractivity contribution is 0.0601. The largest absolute Gasteiger partial charge is 0.465 e. The van der Waals surface area contributed by atoms with Gasteiger partial charge in [0.1, 0.15) is 0 Å². The summed E-state index contributed by atoms with van der Waals surface area (Å²) >= 11 is 15.5. The number of benzene rings is 2. The number of halogens is 3. The molecule has 0 spiro atoms. The maximum atomic E-state index is 11.8. The minimum absolute atomic E-state index is 0.418. The third-order valence-electron chi connectivity index (χ3n) is 2.61. The Morgan fingerprint density at radius 2 is 1.84 bits per heavy atom. The van der Waals surface area contributed by atoms with Crippen molar-refractivity contribution in [3.05, 3.63) is 56.5 Å². The number of methoxy groups -OCH3 is 1. The Hall–Kier alpha value is -1.03. The number of esters is 1. The summed E-state index contributed by atoms with van der Waals surface area (Å²) in [4.78, 5) is 11.8. The van der Waals surface area contributed by atoms with Gasteiger partial charge >= 0.3 is 5.97 Å². The van der Waals surface area contributed by atoms with Crippen molar-refractivity contribution in [2.24, 2.45) is 0 Å². The number of hydrogen-bond acceptors (Lipinski definition) is 2. The lowest BCUT2D eigenvalue weighted by Gasteiger charge is -2.11. The fourth-order valence-corrected chi connectivity index (χ4v) is 2.48. The molecule has 0 saturated heterocycles. The molecule has 0 saturated carbocycles. The molecule has 0 bridgehead atoms. The van der Waals surface area contributed by atoms with E-state index in [1.165, 1.54) is 7.11 Å². The van der Waals surface area contributed by atoms with Gasteiger partial charge in [0.25, 0.3) is 0 Å². The van der Waals surface area contributed by atoms with Crippen LogP contribution in [-0.4, -0.2) is 13.1 Å². The van der Waals surface area contributed by atoms with Crippen molar-refractivity contribution >= 4 is 45.1 Å². The standard InChI is InChI=1S/C14H9BrCl2O2/c1-19-14(18)10-4-2-8(15)6-11(10)12-7-9(16)3-5-13(12)17/h2-7H,1H3. The second-order valence-corrected chi connectivity index (χ2v) is 5.56. The van der Waals surface area contributed by atoms with Crippen molar-refractivity contribution < 1.29 is 9.53 Å². The van der Waals surface area contributed by atoms with Gasteiger partial charge in [0.2, 0.25) is 0 Å². The first-order valence-electron chi connectivity index (χ1n) is 5.36. The molecular weight excluding hydrogens is 351 g/mol. The molecule has 0 amide bonds. The molecule has 2 aromatic rings. The molecule has 0 aliphatic carbocycles. The van der Waals surface area contributed by atoms with Crippen molar-refractivity contribution in [2.45, 2.75) is 0 Å². The number of ether oxygens (including phenoxy) is 1. The molecule has 98 valence electrons. The van der Waals surface area contributed by atoms with Crippen molar-refractivity contribution in [1.82, 2.24) is 0 Å². The Labute approximate surface area is 129 Å². The normalized spacial score (nSPS) is 10.3. The predicted molar refractivity (Wildman–Crippen MR) is 80.9 cm³/mol. The quantitative estimate of drug-likeness (QED) is 0.688. The van der Waals surface area contributed by atoms with E-state index in [9.17, 15) is 4.79 Å². The Morgan fingerprint density at radius 3 is 2.53 bits per heavy atom. The fourth-order valence-electron chi connectivity index (χ4n) is 1.73. The molecule has 5 heteroatoms. The maximum Gasteiger partial charge on any atom is 0.338 e. The molecule has 0 aromatic heterocycles. The van der Waals surface area contributed by atoms with Crippen LogP contribution in [0.4, 0.5) is 0 Å². The first-order valence-corrected chi connectivity index (χ1v) is 6.91. The summed E-state index contributed by atoms with van der Waals surface area (Å²) in [5.74, 6) is -0.418. The van der Waals surface area contributed by atoms with Crippen LogP contribution in [-0.2, 0) is 4.74 Å². The zero-order chi connectivity index (χ0) is 14.0. The molecule has 0 unspecified atom stereocenters. The van der Waals surface area contributed by atoms with E-state index in [-0.39, 0.29) is 0 Å². The van der Waals surface area contributed by atoms with Gasteiger partial charge in [-0.25, -0.2) is 4.79 Å². The molecule has 2 rings (SSSR count). The molecule has 2 aromatic carbocycles.